The summed E-state index contributed by atoms with van der Waals surface area (Å²) in [6.45, 7) is 4.72. The van der Waals surface area contributed by atoms with Crippen molar-refractivity contribution in [3.8, 4) is 6.07 Å². The third-order valence-electron chi connectivity index (χ3n) is 5.32. The first-order chi connectivity index (χ1) is 10.1. The highest BCUT2D eigenvalue weighted by Crippen LogP contribution is 2.37. The first-order valence-corrected chi connectivity index (χ1v) is 7.80. The summed E-state index contributed by atoms with van der Waals surface area (Å²) in [5.74, 6) is 1.32. The summed E-state index contributed by atoms with van der Waals surface area (Å²) in [5, 5.41) is 21.0. The van der Waals surface area contributed by atoms with E-state index >= 15 is 0 Å². The van der Waals surface area contributed by atoms with Crippen LogP contribution in [0.15, 0.2) is 0 Å². The molecule has 2 atom stereocenters. The average Bonchev–Trinajstić information content (AvgIpc) is 2.70. The smallest absolute Gasteiger partial charge is 0.166 e. The summed E-state index contributed by atoms with van der Waals surface area (Å²) in [6, 6.07) is 3.75. The fraction of sp³-hybridized carbons (Fsp3) is 0.688. The van der Waals surface area contributed by atoms with Crippen LogP contribution in [-0.2, 0) is 0 Å². The molecule has 0 amide bonds. The van der Waals surface area contributed by atoms with Crippen LogP contribution >= 0.6 is 0 Å². The van der Waals surface area contributed by atoms with E-state index in [4.69, 9.17) is 0 Å². The van der Waals surface area contributed by atoms with Crippen molar-refractivity contribution in [2.75, 3.05) is 18.9 Å². The van der Waals surface area contributed by atoms with Gasteiger partial charge in [0, 0.05) is 18.6 Å². The van der Waals surface area contributed by atoms with Crippen LogP contribution in [-0.4, -0.2) is 40.8 Å². The molecule has 5 nitrogen and oxygen atoms in total. The minimum Gasteiger partial charge on any atom is -0.367 e. The fourth-order valence-electron chi connectivity index (χ4n) is 3.80. The molecule has 3 heterocycles. The van der Waals surface area contributed by atoms with Gasteiger partial charge in [0.2, 0.25) is 0 Å². The van der Waals surface area contributed by atoms with E-state index in [0.717, 1.165) is 29.9 Å². The Labute approximate surface area is 126 Å². The van der Waals surface area contributed by atoms with Crippen molar-refractivity contribution in [1.29, 1.82) is 5.26 Å². The highest BCUT2D eigenvalue weighted by Gasteiger charge is 2.38. The number of hydrogen-bond donors (Lipinski definition) is 1. The van der Waals surface area contributed by atoms with Gasteiger partial charge in [-0.3, -0.25) is 0 Å². The third kappa shape index (κ3) is 2.60. The zero-order chi connectivity index (χ0) is 15.0. The zero-order valence-corrected chi connectivity index (χ0v) is 13.1. The minimum absolute atomic E-state index is 0.637. The van der Waals surface area contributed by atoms with E-state index in [1.165, 1.54) is 25.7 Å². The quantitative estimate of drug-likeness (QED) is 0.922. The maximum Gasteiger partial charge on any atom is 0.166 e. The highest BCUT2D eigenvalue weighted by molar-refractivity contribution is 5.55. The molecule has 2 fully saturated rings. The van der Waals surface area contributed by atoms with Gasteiger partial charge >= 0.3 is 0 Å². The maximum atomic E-state index is 9.33. The monoisotopic (exact) mass is 285 g/mol. The van der Waals surface area contributed by atoms with Crippen molar-refractivity contribution in [2.45, 2.75) is 51.6 Å². The SMILES string of the molecule is Cc1nnc(NCC2CC3CCC(C2)N3C)c(C#N)c1C. The Morgan fingerprint density at radius 3 is 2.52 bits per heavy atom. The van der Waals surface area contributed by atoms with Gasteiger partial charge in [-0.25, -0.2) is 0 Å². The van der Waals surface area contributed by atoms with Crippen molar-refractivity contribution in [3.63, 3.8) is 0 Å². The molecule has 2 aliphatic heterocycles. The number of aromatic nitrogens is 2. The molecule has 2 bridgehead atoms. The standard InChI is InChI=1S/C16H23N5/c1-10-11(2)19-20-16(15(10)8-17)18-9-12-6-13-4-5-14(7-12)21(13)3/h12-14H,4-7,9H2,1-3H3,(H,18,20). The number of nitriles is 1. The van der Waals surface area contributed by atoms with E-state index in [-0.39, 0.29) is 0 Å². The van der Waals surface area contributed by atoms with Crippen LogP contribution in [0.1, 0.15) is 42.5 Å². The Morgan fingerprint density at radius 2 is 1.90 bits per heavy atom. The van der Waals surface area contributed by atoms with Crippen LogP contribution in [0.25, 0.3) is 0 Å². The van der Waals surface area contributed by atoms with Crippen LogP contribution in [0.5, 0.6) is 0 Å². The molecule has 1 N–H and O–H groups in total. The Bertz CT molecular complexity index is 563. The molecule has 0 saturated carbocycles. The molecule has 2 aliphatic rings. The Balaban J connectivity index is 1.67. The van der Waals surface area contributed by atoms with Gasteiger partial charge in [0.25, 0.3) is 0 Å². The Hall–Kier alpha value is -1.67. The Kier molecular flexibility index (Phi) is 3.81. The van der Waals surface area contributed by atoms with Crippen molar-refractivity contribution in [3.05, 3.63) is 16.8 Å². The molecule has 1 aromatic rings. The first kappa shape index (κ1) is 14.3. The van der Waals surface area contributed by atoms with Crippen LogP contribution in [0.2, 0.25) is 0 Å². The van der Waals surface area contributed by atoms with Crippen molar-refractivity contribution >= 4 is 5.82 Å². The molecule has 0 radical (unpaired) electrons. The Morgan fingerprint density at radius 1 is 1.24 bits per heavy atom. The minimum atomic E-state index is 0.637. The molecule has 2 saturated heterocycles. The number of fused-ring (bicyclic) bond motifs is 2. The van der Waals surface area contributed by atoms with Gasteiger partial charge in [0.15, 0.2) is 5.82 Å². The van der Waals surface area contributed by atoms with Gasteiger partial charge in [-0.2, -0.15) is 10.4 Å². The maximum absolute atomic E-state index is 9.33. The van der Waals surface area contributed by atoms with E-state index in [0.29, 0.717) is 17.3 Å². The molecule has 3 rings (SSSR count). The summed E-state index contributed by atoms with van der Waals surface area (Å²) in [4.78, 5) is 2.55. The molecular weight excluding hydrogens is 262 g/mol. The van der Waals surface area contributed by atoms with Crippen LogP contribution < -0.4 is 5.32 Å². The molecular formula is C16H23N5. The number of rotatable bonds is 3. The van der Waals surface area contributed by atoms with Crippen LogP contribution in [0.3, 0.4) is 0 Å². The summed E-state index contributed by atoms with van der Waals surface area (Å²) in [5.41, 5.74) is 2.39. The molecule has 1 aromatic heterocycles. The largest absolute Gasteiger partial charge is 0.367 e. The molecule has 0 aliphatic carbocycles. The number of anilines is 1. The lowest BCUT2D eigenvalue weighted by Gasteiger charge is -2.36. The lowest BCUT2D eigenvalue weighted by Crippen LogP contribution is -2.41. The molecule has 2 unspecified atom stereocenters. The summed E-state index contributed by atoms with van der Waals surface area (Å²) < 4.78 is 0. The number of nitrogens with one attached hydrogen (secondary N) is 1. The van der Waals surface area contributed by atoms with Gasteiger partial charge in [0.05, 0.1) is 5.69 Å². The predicted molar refractivity (Wildman–Crippen MR) is 82.0 cm³/mol. The molecule has 0 aromatic carbocycles. The van der Waals surface area contributed by atoms with E-state index in [1.54, 1.807) is 0 Å². The molecule has 5 heteroatoms. The van der Waals surface area contributed by atoms with Crippen molar-refractivity contribution in [2.24, 2.45) is 5.92 Å². The number of hydrogen-bond acceptors (Lipinski definition) is 5. The van der Waals surface area contributed by atoms with E-state index in [1.807, 2.05) is 13.8 Å². The van der Waals surface area contributed by atoms with Gasteiger partial charge in [-0.1, -0.05) is 0 Å². The lowest BCUT2D eigenvalue weighted by molar-refractivity contribution is 0.139. The van der Waals surface area contributed by atoms with Gasteiger partial charge in [0.1, 0.15) is 11.6 Å². The van der Waals surface area contributed by atoms with Crippen LogP contribution in [0, 0.1) is 31.1 Å². The van der Waals surface area contributed by atoms with Crippen molar-refractivity contribution < 1.29 is 0 Å². The molecule has 112 valence electrons. The van der Waals surface area contributed by atoms with Gasteiger partial charge in [-0.05, 0) is 58.1 Å². The van der Waals surface area contributed by atoms with E-state index in [2.05, 4.69) is 33.5 Å². The number of nitrogens with zero attached hydrogens (tertiary/aromatic N) is 4. The van der Waals surface area contributed by atoms with Gasteiger partial charge < -0.3 is 10.2 Å². The first-order valence-electron chi connectivity index (χ1n) is 7.80. The summed E-state index contributed by atoms with van der Waals surface area (Å²) >= 11 is 0. The second kappa shape index (κ2) is 5.61. The normalized spacial score (nSPS) is 28.4. The zero-order valence-electron chi connectivity index (χ0n) is 13.1. The average molecular weight is 285 g/mol. The summed E-state index contributed by atoms with van der Waals surface area (Å²) in [6.07, 6.45) is 5.18. The number of aryl methyl sites for hydroxylation is 1. The second-order valence-electron chi connectivity index (χ2n) is 6.51. The van der Waals surface area contributed by atoms with E-state index < -0.39 is 0 Å². The fourth-order valence-corrected chi connectivity index (χ4v) is 3.80. The van der Waals surface area contributed by atoms with Gasteiger partial charge in [-0.15, -0.1) is 5.10 Å². The third-order valence-corrected chi connectivity index (χ3v) is 5.32. The second-order valence-corrected chi connectivity index (χ2v) is 6.51. The topological polar surface area (TPSA) is 64.8 Å². The summed E-state index contributed by atoms with van der Waals surface area (Å²) in [7, 11) is 2.26. The highest BCUT2D eigenvalue weighted by atomic mass is 15.2. The lowest BCUT2D eigenvalue weighted by atomic mass is 9.91. The molecule has 0 spiro atoms. The predicted octanol–water partition coefficient (Wildman–Crippen LogP) is 2.25. The van der Waals surface area contributed by atoms with Crippen molar-refractivity contribution in [1.82, 2.24) is 15.1 Å². The van der Waals surface area contributed by atoms with Crippen LogP contribution in [0.4, 0.5) is 5.82 Å². The number of piperidine rings is 1. The van der Waals surface area contributed by atoms with E-state index in [9.17, 15) is 5.26 Å². The molecule has 21 heavy (non-hydrogen) atoms.